The van der Waals surface area contributed by atoms with Crippen molar-refractivity contribution in [2.24, 2.45) is 0 Å². The molecule has 72 valence electrons. The van der Waals surface area contributed by atoms with E-state index in [2.05, 4.69) is 14.7 Å². The van der Waals surface area contributed by atoms with Gasteiger partial charge in [0.25, 0.3) is 0 Å². The summed E-state index contributed by atoms with van der Waals surface area (Å²) in [7, 11) is 0. The number of rotatable bonds is 1. The van der Waals surface area contributed by atoms with Gasteiger partial charge in [-0.3, -0.25) is 0 Å². The molecular weight excluding hydrogens is 207 g/mol. The summed E-state index contributed by atoms with van der Waals surface area (Å²) in [5.74, 6) is 0.0772. The maximum atomic E-state index is 12.8. The van der Waals surface area contributed by atoms with E-state index in [1.54, 1.807) is 13.0 Å². The Hall–Kier alpha value is -1.42. The Balaban J connectivity index is 2.52. The van der Waals surface area contributed by atoms with Crippen molar-refractivity contribution in [1.29, 1.82) is 0 Å². The zero-order valence-corrected chi connectivity index (χ0v) is 8.05. The zero-order valence-electron chi connectivity index (χ0n) is 7.29. The van der Waals surface area contributed by atoms with Crippen LogP contribution in [0.15, 0.2) is 22.7 Å². The average Bonchev–Trinajstić information content (AvgIpc) is 2.51. The van der Waals surface area contributed by atoms with Gasteiger partial charge in [0, 0.05) is 5.56 Å². The summed E-state index contributed by atoms with van der Waals surface area (Å²) < 4.78 is 17.4. The second kappa shape index (κ2) is 3.38. The molecule has 1 aromatic carbocycles. The first-order valence-corrected chi connectivity index (χ1v) is 4.30. The third-order valence-corrected chi connectivity index (χ3v) is 1.98. The fourth-order valence-corrected chi connectivity index (χ4v) is 1.31. The van der Waals surface area contributed by atoms with Gasteiger partial charge in [-0.25, -0.2) is 4.39 Å². The van der Waals surface area contributed by atoms with Gasteiger partial charge in [0.05, 0.1) is 0 Å². The first-order chi connectivity index (χ1) is 6.66. The lowest BCUT2D eigenvalue weighted by atomic mass is 10.1. The van der Waals surface area contributed by atoms with Gasteiger partial charge in [0.1, 0.15) is 5.82 Å². The van der Waals surface area contributed by atoms with Crippen LogP contribution in [0.4, 0.5) is 4.39 Å². The predicted octanol–water partition coefficient (Wildman–Crippen LogP) is 2.84. The molecule has 14 heavy (non-hydrogen) atoms. The molecule has 0 aliphatic rings. The van der Waals surface area contributed by atoms with E-state index in [0.29, 0.717) is 11.4 Å². The number of nitrogens with zero attached hydrogens (tertiary/aromatic N) is 2. The Morgan fingerprint density at radius 2 is 2.21 bits per heavy atom. The molecule has 0 spiro atoms. The second-order valence-corrected chi connectivity index (χ2v) is 3.15. The topological polar surface area (TPSA) is 38.9 Å². The van der Waals surface area contributed by atoms with Crippen LogP contribution in [0.3, 0.4) is 0 Å². The standard InChI is InChI=1S/C9H6ClFN2O/c1-5-4-6(11)2-3-7(5)8-12-9(10)14-13-8/h2-4H,1H3. The Morgan fingerprint density at radius 1 is 1.43 bits per heavy atom. The third-order valence-electron chi connectivity index (χ3n) is 1.83. The molecule has 0 saturated carbocycles. The number of aryl methyl sites for hydroxylation is 1. The first kappa shape index (κ1) is 9.15. The molecule has 1 aromatic heterocycles. The monoisotopic (exact) mass is 212 g/mol. The highest BCUT2D eigenvalue weighted by atomic mass is 35.5. The molecule has 0 atom stereocenters. The van der Waals surface area contributed by atoms with Gasteiger partial charge in [-0.15, -0.1) is 0 Å². The molecule has 0 saturated heterocycles. The van der Waals surface area contributed by atoms with Crippen LogP contribution in [-0.2, 0) is 0 Å². The number of halogens is 2. The third kappa shape index (κ3) is 1.61. The molecule has 3 nitrogen and oxygen atoms in total. The smallest absolute Gasteiger partial charge is 0.320 e. The molecule has 0 radical (unpaired) electrons. The van der Waals surface area contributed by atoms with Gasteiger partial charge >= 0.3 is 5.35 Å². The summed E-state index contributed by atoms with van der Waals surface area (Å²) in [5, 5.41) is 3.61. The van der Waals surface area contributed by atoms with Crippen LogP contribution in [-0.4, -0.2) is 10.1 Å². The van der Waals surface area contributed by atoms with Crippen molar-refractivity contribution < 1.29 is 8.91 Å². The number of hydrogen-bond acceptors (Lipinski definition) is 3. The maximum absolute atomic E-state index is 12.8. The van der Waals surface area contributed by atoms with E-state index in [1.165, 1.54) is 12.1 Å². The van der Waals surface area contributed by atoms with E-state index in [-0.39, 0.29) is 11.2 Å². The molecule has 5 heteroatoms. The lowest BCUT2D eigenvalue weighted by molar-refractivity contribution is 0.420. The maximum Gasteiger partial charge on any atom is 0.320 e. The minimum atomic E-state index is -0.291. The molecule has 2 rings (SSSR count). The number of hydrogen-bond donors (Lipinski definition) is 0. The SMILES string of the molecule is Cc1cc(F)ccc1-c1noc(Cl)n1. The predicted molar refractivity (Wildman–Crippen MR) is 49.4 cm³/mol. The Kier molecular flexibility index (Phi) is 2.21. The van der Waals surface area contributed by atoms with Crippen molar-refractivity contribution in [2.45, 2.75) is 6.92 Å². The normalized spacial score (nSPS) is 10.5. The van der Waals surface area contributed by atoms with E-state index in [0.717, 1.165) is 5.56 Å². The summed E-state index contributed by atoms with van der Waals surface area (Å²) in [5.41, 5.74) is 1.45. The van der Waals surface area contributed by atoms with Gasteiger partial charge in [0.15, 0.2) is 0 Å². The van der Waals surface area contributed by atoms with Crippen LogP contribution >= 0.6 is 11.6 Å². The highest BCUT2D eigenvalue weighted by molar-refractivity contribution is 6.27. The summed E-state index contributed by atoms with van der Waals surface area (Å²) >= 11 is 5.48. The Labute approximate surface area is 84.5 Å². The summed E-state index contributed by atoms with van der Waals surface area (Å²) in [4.78, 5) is 3.84. The van der Waals surface area contributed by atoms with Gasteiger partial charge in [-0.1, -0.05) is 5.16 Å². The second-order valence-electron chi connectivity index (χ2n) is 2.83. The van der Waals surface area contributed by atoms with Crippen molar-refractivity contribution in [2.75, 3.05) is 0 Å². The molecular formula is C9H6ClFN2O. The van der Waals surface area contributed by atoms with E-state index in [9.17, 15) is 4.39 Å². The Bertz CT molecular complexity index is 470. The summed E-state index contributed by atoms with van der Waals surface area (Å²) in [6, 6.07) is 4.33. The molecule has 0 bridgehead atoms. The molecule has 2 aromatic rings. The molecule has 1 heterocycles. The van der Waals surface area contributed by atoms with Gasteiger partial charge < -0.3 is 4.52 Å². The quantitative estimate of drug-likeness (QED) is 0.730. The van der Waals surface area contributed by atoms with Crippen LogP contribution in [0, 0.1) is 12.7 Å². The van der Waals surface area contributed by atoms with Crippen LogP contribution in [0.2, 0.25) is 5.35 Å². The van der Waals surface area contributed by atoms with Crippen LogP contribution in [0.25, 0.3) is 11.4 Å². The van der Waals surface area contributed by atoms with Crippen molar-refractivity contribution in [3.05, 3.63) is 34.9 Å². The summed E-state index contributed by atoms with van der Waals surface area (Å²) in [6.07, 6.45) is 0. The average molecular weight is 213 g/mol. The first-order valence-electron chi connectivity index (χ1n) is 3.92. The molecule has 0 aliphatic heterocycles. The summed E-state index contributed by atoms with van der Waals surface area (Å²) in [6.45, 7) is 1.77. The molecule has 0 fully saturated rings. The fraction of sp³-hybridized carbons (Fsp3) is 0.111. The minimum Gasteiger partial charge on any atom is -0.321 e. The van der Waals surface area contributed by atoms with Gasteiger partial charge in [-0.05, 0) is 42.3 Å². The lowest BCUT2D eigenvalue weighted by Crippen LogP contribution is -1.86. The van der Waals surface area contributed by atoms with Crippen LogP contribution in [0.1, 0.15) is 5.56 Å². The lowest BCUT2D eigenvalue weighted by Gasteiger charge is -1.99. The highest BCUT2D eigenvalue weighted by Gasteiger charge is 2.09. The molecule has 0 unspecified atom stereocenters. The van der Waals surface area contributed by atoms with Gasteiger partial charge in [-0.2, -0.15) is 4.98 Å². The number of aromatic nitrogens is 2. The van der Waals surface area contributed by atoms with Gasteiger partial charge in [0.2, 0.25) is 5.82 Å². The zero-order chi connectivity index (χ0) is 10.1. The molecule has 0 amide bonds. The van der Waals surface area contributed by atoms with Crippen molar-refractivity contribution >= 4 is 11.6 Å². The fourth-order valence-electron chi connectivity index (χ4n) is 1.19. The van der Waals surface area contributed by atoms with Crippen LogP contribution in [0.5, 0.6) is 0 Å². The highest BCUT2D eigenvalue weighted by Crippen LogP contribution is 2.22. The van der Waals surface area contributed by atoms with Crippen molar-refractivity contribution in [1.82, 2.24) is 10.1 Å². The van der Waals surface area contributed by atoms with E-state index >= 15 is 0 Å². The minimum absolute atomic E-state index is 0.0243. The van der Waals surface area contributed by atoms with E-state index in [4.69, 9.17) is 11.6 Å². The van der Waals surface area contributed by atoms with Crippen LogP contribution < -0.4 is 0 Å². The van der Waals surface area contributed by atoms with Crippen molar-refractivity contribution in [3.63, 3.8) is 0 Å². The van der Waals surface area contributed by atoms with E-state index < -0.39 is 0 Å². The molecule has 0 aliphatic carbocycles. The Morgan fingerprint density at radius 3 is 2.79 bits per heavy atom. The van der Waals surface area contributed by atoms with E-state index in [1.807, 2.05) is 0 Å². The number of benzene rings is 1. The largest absolute Gasteiger partial charge is 0.321 e. The van der Waals surface area contributed by atoms with Crippen molar-refractivity contribution in [3.8, 4) is 11.4 Å². The molecule has 0 N–H and O–H groups in total.